The topological polar surface area (TPSA) is 72.7 Å². The molecule has 0 saturated carbocycles. The lowest BCUT2D eigenvalue weighted by atomic mass is 10.1. The standard InChI is InChI=1S/C17H16BrN5O/c1-11-7-12(2)21-17(20-11)22-16(24)14-5-3-13(4-6-14)9-23-10-15(18)8-19-23/h3-8,10H,9H2,1-2H3,(H,20,21,22,24). The first-order valence-corrected chi connectivity index (χ1v) is 8.19. The zero-order valence-corrected chi connectivity index (χ0v) is 14.9. The van der Waals surface area contributed by atoms with E-state index in [0.717, 1.165) is 21.4 Å². The van der Waals surface area contributed by atoms with E-state index in [-0.39, 0.29) is 5.91 Å². The number of hydrogen-bond acceptors (Lipinski definition) is 4. The van der Waals surface area contributed by atoms with Gasteiger partial charge in [-0.1, -0.05) is 12.1 Å². The Morgan fingerprint density at radius 3 is 2.42 bits per heavy atom. The van der Waals surface area contributed by atoms with Gasteiger partial charge < -0.3 is 0 Å². The van der Waals surface area contributed by atoms with Crippen LogP contribution in [-0.2, 0) is 6.54 Å². The van der Waals surface area contributed by atoms with Crippen LogP contribution in [0.4, 0.5) is 5.95 Å². The van der Waals surface area contributed by atoms with E-state index in [4.69, 9.17) is 0 Å². The van der Waals surface area contributed by atoms with E-state index in [1.165, 1.54) is 0 Å². The van der Waals surface area contributed by atoms with Crippen LogP contribution in [0, 0.1) is 13.8 Å². The monoisotopic (exact) mass is 385 g/mol. The first-order chi connectivity index (χ1) is 11.5. The molecule has 0 bridgehead atoms. The van der Waals surface area contributed by atoms with Gasteiger partial charge in [-0.15, -0.1) is 0 Å². The smallest absolute Gasteiger partial charge is 0.258 e. The van der Waals surface area contributed by atoms with E-state index < -0.39 is 0 Å². The molecular weight excluding hydrogens is 370 g/mol. The number of nitrogens with one attached hydrogen (secondary N) is 1. The number of nitrogens with zero attached hydrogens (tertiary/aromatic N) is 4. The average molecular weight is 386 g/mol. The summed E-state index contributed by atoms with van der Waals surface area (Å²) in [5.41, 5.74) is 3.25. The first kappa shape index (κ1) is 16.3. The Morgan fingerprint density at radius 2 is 1.83 bits per heavy atom. The largest absolute Gasteiger partial charge is 0.290 e. The molecule has 24 heavy (non-hydrogen) atoms. The summed E-state index contributed by atoms with van der Waals surface area (Å²) in [7, 11) is 0. The van der Waals surface area contributed by atoms with Crippen molar-refractivity contribution in [3.63, 3.8) is 0 Å². The molecule has 7 heteroatoms. The van der Waals surface area contributed by atoms with Crippen LogP contribution < -0.4 is 5.32 Å². The molecule has 0 radical (unpaired) electrons. The Balaban J connectivity index is 1.69. The van der Waals surface area contributed by atoms with Crippen molar-refractivity contribution >= 4 is 27.8 Å². The van der Waals surface area contributed by atoms with Crippen molar-refractivity contribution in [1.29, 1.82) is 0 Å². The van der Waals surface area contributed by atoms with E-state index in [9.17, 15) is 4.79 Å². The number of halogens is 1. The number of aryl methyl sites for hydroxylation is 2. The van der Waals surface area contributed by atoms with Crippen LogP contribution in [0.3, 0.4) is 0 Å². The number of aromatic nitrogens is 4. The zero-order valence-electron chi connectivity index (χ0n) is 13.3. The van der Waals surface area contributed by atoms with E-state index >= 15 is 0 Å². The molecule has 0 aliphatic heterocycles. The molecule has 122 valence electrons. The molecule has 2 heterocycles. The van der Waals surface area contributed by atoms with E-state index in [1.807, 2.05) is 42.9 Å². The molecule has 0 atom stereocenters. The molecule has 3 rings (SSSR count). The molecule has 0 aliphatic carbocycles. The minimum absolute atomic E-state index is 0.228. The molecule has 3 aromatic rings. The molecule has 0 fully saturated rings. The van der Waals surface area contributed by atoms with Gasteiger partial charge in [0.15, 0.2) is 0 Å². The van der Waals surface area contributed by atoms with Crippen LogP contribution in [0.2, 0.25) is 0 Å². The second-order valence-electron chi connectivity index (χ2n) is 5.48. The minimum atomic E-state index is -0.228. The maximum Gasteiger partial charge on any atom is 0.258 e. The third-order valence-corrected chi connectivity index (χ3v) is 3.78. The average Bonchev–Trinajstić information content (AvgIpc) is 2.92. The number of carbonyl (C=O) groups is 1. The van der Waals surface area contributed by atoms with Crippen molar-refractivity contribution in [3.8, 4) is 0 Å². The number of carbonyl (C=O) groups excluding carboxylic acids is 1. The molecule has 6 nitrogen and oxygen atoms in total. The second kappa shape index (κ2) is 6.92. The summed E-state index contributed by atoms with van der Waals surface area (Å²) in [6.07, 6.45) is 3.64. The maximum atomic E-state index is 12.3. The fourth-order valence-corrected chi connectivity index (χ4v) is 2.66. The fourth-order valence-electron chi connectivity index (χ4n) is 2.33. The number of benzene rings is 1. The Morgan fingerprint density at radius 1 is 1.17 bits per heavy atom. The van der Waals surface area contributed by atoms with Crippen LogP contribution in [0.15, 0.2) is 47.2 Å². The minimum Gasteiger partial charge on any atom is -0.290 e. The molecule has 0 spiro atoms. The molecule has 2 aromatic heterocycles. The highest BCUT2D eigenvalue weighted by atomic mass is 79.9. The van der Waals surface area contributed by atoms with E-state index in [0.29, 0.717) is 18.1 Å². The fraction of sp³-hybridized carbons (Fsp3) is 0.176. The van der Waals surface area contributed by atoms with Gasteiger partial charge in [0.25, 0.3) is 5.91 Å². The van der Waals surface area contributed by atoms with Gasteiger partial charge in [-0.2, -0.15) is 5.10 Å². The van der Waals surface area contributed by atoms with Gasteiger partial charge in [-0.3, -0.25) is 14.8 Å². The Labute approximate surface area is 148 Å². The SMILES string of the molecule is Cc1cc(C)nc(NC(=O)c2ccc(Cn3cc(Br)cn3)cc2)n1. The molecule has 1 amide bonds. The van der Waals surface area contributed by atoms with Crippen LogP contribution >= 0.6 is 15.9 Å². The maximum absolute atomic E-state index is 12.3. The normalized spacial score (nSPS) is 10.6. The highest BCUT2D eigenvalue weighted by molar-refractivity contribution is 9.10. The summed E-state index contributed by atoms with van der Waals surface area (Å²) >= 11 is 3.37. The summed E-state index contributed by atoms with van der Waals surface area (Å²) in [6, 6.07) is 9.25. The number of hydrogen-bond donors (Lipinski definition) is 1. The van der Waals surface area contributed by atoms with Gasteiger partial charge in [-0.05, 0) is 53.5 Å². The lowest BCUT2D eigenvalue weighted by Crippen LogP contribution is -2.15. The predicted octanol–water partition coefficient (Wildman–Crippen LogP) is 3.35. The Hall–Kier alpha value is -2.54. The van der Waals surface area contributed by atoms with E-state index in [2.05, 4.69) is 36.3 Å². The van der Waals surface area contributed by atoms with Gasteiger partial charge in [0.2, 0.25) is 5.95 Å². The molecule has 0 saturated heterocycles. The van der Waals surface area contributed by atoms with Crippen molar-refractivity contribution in [1.82, 2.24) is 19.7 Å². The lowest BCUT2D eigenvalue weighted by Gasteiger charge is -2.07. The summed E-state index contributed by atoms with van der Waals surface area (Å²) in [6.45, 7) is 4.38. The van der Waals surface area contributed by atoms with Crippen molar-refractivity contribution in [3.05, 3.63) is 69.7 Å². The third-order valence-electron chi connectivity index (χ3n) is 3.37. The molecule has 1 aromatic carbocycles. The van der Waals surface area contributed by atoms with Gasteiger partial charge >= 0.3 is 0 Å². The number of amides is 1. The van der Waals surface area contributed by atoms with Crippen molar-refractivity contribution < 1.29 is 4.79 Å². The van der Waals surface area contributed by atoms with Gasteiger partial charge in [-0.25, -0.2) is 9.97 Å². The zero-order chi connectivity index (χ0) is 17.1. The molecule has 1 N–H and O–H groups in total. The number of rotatable bonds is 4. The second-order valence-corrected chi connectivity index (χ2v) is 6.40. The van der Waals surface area contributed by atoms with Crippen molar-refractivity contribution in [2.45, 2.75) is 20.4 Å². The van der Waals surface area contributed by atoms with E-state index in [1.54, 1.807) is 18.3 Å². The molecule has 0 aliphatic rings. The van der Waals surface area contributed by atoms with Crippen molar-refractivity contribution in [2.75, 3.05) is 5.32 Å². The first-order valence-electron chi connectivity index (χ1n) is 7.40. The van der Waals surface area contributed by atoms with Gasteiger partial charge in [0.05, 0.1) is 17.2 Å². The Bertz CT molecular complexity index is 853. The Kier molecular flexibility index (Phi) is 4.71. The van der Waals surface area contributed by atoms with Crippen molar-refractivity contribution in [2.24, 2.45) is 0 Å². The summed E-state index contributed by atoms with van der Waals surface area (Å²) in [5, 5.41) is 6.94. The van der Waals surface area contributed by atoms with Gasteiger partial charge in [0.1, 0.15) is 0 Å². The summed E-state index contributed by atoms with van der Waals surface area (Å²) in [4.78, 5) is 20.7. The molecule has 0 unspecified atom stereocenters. The van der Waals surface area contributed by atoms with Crippen LogP contribution in [0.25, 0.3) is 0 Å². The van der Waals surface area contributed by atoms with Crippen LogP contribution in [0.1, 0.15) is 27.3 Å². The summed E-state index contributed by atoms with van der Waals surface area (Å²) in [5.74, 6) is 0.0938. The summed E-state index contributed by atoms with van der Waals surface area (Å²) < 4.78 is 2.76. The number of anilines is 1. The highest BCUT2D eigenvalue weighted by Gasteiger charge is 2.09. The van der Waals surface area contributed by atoms with Crippen LogP contribution in [-0.4, -0.2) is 25.7 Å². The molecular formula is C17H16BrN5O. The van der Waals surface area contributed by atoms with Gasteiger partial charge in [0, 0.05) is 23.1 Å². The highest BCUT2D eigenvalue weighted by Crippen LogP contribution is 2.11. The predicted molar refractivity (Wildman–Crippen MR) is 94.9 cm³/mol. The lowest BCUT2D eigenvalue weighted by molar-refractivity contribution is 0.102. The van der Waals surface area contributed by atoms with Crippen LogP contribution in [0.5, 0.6) is 0 Å². The third kappa shape index (κ3) is 4.05. The quantitative estimate of drug-likeness (QED) is 0.747.